The third-order valence-corrected chi connectivity index (χ3v) is 2.83. The molecule has 2 aromatic rings. The molecule has 0 aromatic heterocycles. The molecular formula is C16H16O. The van der Waals surface area contributed by atoms with E-state index in [1.54, 1.807) is 0 Å². The zero-order valence-electron chi connectivity index (χ0n) is 9.88. The summed E-state index contributed by atoms with van der Waals surface area (Å²) in [6.45, 7) is 1.95. The van der Waals surface area contributed by atoms with Crippen molar-refractivity contribution in [2.24, 2.45) is 0 Å². The summed E-state index contributed by atoms with van der Waals surface area (Å²) in [7, 11) is 0. The van der Waals surface area contributed by atoms with Gasteiger partial charge in [-0.15, -0.1) is 0 Å². The summed E-state index contributed by atoms with van der Waals surface area (Å²) >= 11 is 0. The summed E-state index contributed by atoms with van der Waals surface area (Å²) in [5.41, 5.74) is 2.92. The predicted octanol–water partition coefficient (Wildman–Crippen LogP) is 3.82. The van der Waals surface area contributed by atoms with Gasteiger partial charge in [0.05, 0.1) is 0 Å². The zero-order valence-corrected chi connectivity index (χ0v) is 9.88. The van der Waals surface area contributed by atoms with E-state index in [9.17, 15) is 5.11 Å². The number of hydrogen-bond acceptors (Lipinski definition) is 1. The summed E-state index contributed by atoms with van der Waals surface area (Å²) in [4.78, 5) is 0. The van der Waals surface area contributed by atoms with Crippen LogP contribution in [0.3, 0.4) is 0 Å². The standard InChI is InChI=1S/C16H16O/c1-2-15(13-9-5-3-6-10-13)16(17)14-11-7-4-8-12-14/h2-12,16-17H,1H3/b15-2+. The fraction of sp³-hybridized carbons (Fsp3) is 0.125. The second-order valence-corrected chi connectivity index (χ2v) is 3.92. The summed E-state index contributed by atoms with van der Waals surface area (Å²) in [5, 5.41) is 10.4. The Kier molecular flexibility index (Phi) is 3.73. The molecule has 0 amide bonds. The summed E-state index contributed by atoms with van der Waals surface area (Å²) in [6, 6.07) is 19.7. The second kappa shape index (κ2) is 5.46. The first-order valence-corrected chi connectivity index (χ1v) is 5.77. The highest BCUT2D eigenvalue weighted by molar-refractivity contribution is 5.69. The van der Waals surface area contributed by atoms with Crippen molar-refractivity contribution >= 4 is 5.57 Å². The fourth-order valence-corrected chi connectivity index (χ4v) is 1.93. The van der Waals surface area contributed by atoms with E-state index in [0.29, 0.717) is 0 Å². The third kappa shape index (κ3) is 2.63. The van der Waals surface area contributed by atoms with Gasteiger partial charge in [-0.3, -0.25) is 0 Å². The van der Waals surface area contributed by atoms with Crippen molar-refractivity contribution in [3.8, 4) is 0 Å². The molecule has 0 radical (unpaired) electrons. The van der Waals surface area contributed by atoms with E-state index in [1.807, 2.05) is 73.7 Å². The Bertz CT molecular complexity index is 485. The minimum Gasteiger partial charge on any atom is -0.384 e. The highest BCUT2D eigenvalue weighted by Gasteiger charge is 2.13. The monoisotopic (exact) mass is 224 g/mol. The molecule has 1 unspecified atom stereocenters. The molecule has 17 heavy (non-hydrogen) atoms. The van der Waals surface area contributed by atoms with Crippen molar-refractivity contribution in [3.63, 3.8) is 0 Å². The predicted molar refractivity (Wildman–Crippen MR) is 71.5 cm³/mol. The quantitative estimate of drug-likeness (QED) is 0.840. The third-order valence-electron chi connectivity index (χ3n) is 2.83. The number of aliphatic hydroxyl groups excluding tert-OH is 1. The Morgan fingerprint density at radius 2 is 1.47 bits per heavy atom. The maximum absolute atomic E-state index is 10.4. The average Bonchev–Trinajstić information content (AvgIpc) is 2.42. The molecule has 1 N–H and O–H groups in total. The smallest absolute Gasteiger partial charge is 0.104 e. The molecule has 86 valence electrons. The van der Waals surface area contributed by atoms with Gasteiger partial charge in [-0.25, -0.2) is 0 Å². The zero-order chi connectivity index (χ0) is 12.1. The molecule has 0 bridgehead atoms. The van der Waals surface area contributed by atoms with E-state index in [4.69, 9.17) is 0 Å². The summed E-state index contributed by atoms with van der Waals surface area (Å²) < 4.78 is 0. The van der Waals surface area contributed by atoms with E-state index in [-0.39, 0.29) is 0 Å². The molecule has 1 nitrogen and oxygen atoms in total. The van der Waals surface area contributed by atoms with Gasteiger partial charge < -0.3 is 5.11 Å². The Labute approximate surface area is 102 Å². The van der Waals surface area contributed by atoms with Gasteiger partial charge >= 0.3 is 0 Å². The number of benzene rings is 2. The number of aliphatic hydroxyl groups is 1. The normalized spacial score (nSPS) is 13.4. The molecule has 0 aliphatic rings. The van der Waals surface area contributed by atoms with Gasteiger partial charge in [0.1, 0.15) is 6.10 Å². The molecule has 0 saturated carbocycles. The molecule has 2 rings (SSSR count). The molecule has 1 heteroatoms. The topological polar surface area (TPSA) is 20.2 Å². The van der Waals surface area contributed by atoms with Gasteiger partial charge in [0.25, 0.3) is 0 Å². The van der Waals surface area contributed by atoms with Crippen LogP contribution in [0.4, 0.5) is 0 Å². The first-order valence-electron chi connectivity index (χ1n) is 5.77. The highest BCUT2D eigenvalue weighted by atomic mass is 16.3. The van der Waals surface area contributed by atoms with Gasteiger partial charge in [0, 0.05) is 0 Å². The number of allylic oxidation sites excluding steroid dienone is 1. The molecule has 0 heterocycles. The van der Waals surface area contributed by atoms with Crippen LogP contribution in [0.5, 0.6) is 0 Å². The van der Waals surface area contributed by atoms with Crippen LogP contribution in [0.2, 0.25) is 0 Å². The highest BCUT2D eigenvalue weighted by Crippen LogP contribution is 2.29. The van der Waals surface area contributed by atoms with Crippen LogP contribution >= 0.6 is 0 Å². The lowest BCUT2D eigenvalue weighted by Gasteiger charge is -2.15. The maximum Gasteiger partial charge on any atom is 0.104 e. The van der Waals surface area contributed by atoms with Gasteiger partial charge in [0.15, 0.2) is 0 Å². The second-order valence-electron chi connectivity index (χ2n) is 3.92. The molecule has 1 atom stereocenters. The Hall–Kier alpha value is -1.86. The van der Waals surface area contributed by atoms with Crippen molar-refractivity contribution in [1.82, 2.24) is 0 Å². The van der Waals surface area contributed by atoms with Crippen LogP contribution in [-0.2, 0) is 0 Å². The summed E-state index contributed by atoms with van der Waals surface area (Å²) in [6.07, 6.45) is 1.40. The van der Waals surface area contributed by atoms with E-state index in [1.165, 1.54) is 0 Å². The van der Waals surface area contributed by atoms with Crippen LogP contribution in [0, 0.1) is 0 Å². The molecule has 0 fully saturated rings. The van der Waals surface area contributed by atoms with Gasteiger partial charge in [0.2, 0.25) is 0 Å². The van der Waals surface area contributed by atoms with E-state index < -0.39 is 6.10 Å². The number of hydrogen-bond donors (Lipinski definition) is 1. The first-order chi connectivity index (χ1) is 8.33. The van der Waals surface area contributed by atoms with E-state index in [2.05, 4.69) is 0 Å². The van der Waals surface area contributed by atoms with Gasteiger partial charge in [-0.2, -0.15) is 0 Å². The first kappa shape index (κ1) is 11.6. The lowest BCUT2D eigenvalue weighted by atomic mass is 9.95. The molecule has 2 aromatic carbocycles. The van der Waals surface area contributed by atoms with Gasteiger partial charge in [-0.05, 0) is 23.6 Å². The van der Waals surface area contributed by atoms with Crippen LogP contribution in [0.25, 0.3) is 5.57 Å². The fourth-order valence-electron chi connectivity index (χ4n) is 1.93. The Morgan fingerprint density at radius 3 is 2.00 bits per heavy atom. The van der Waals surface area contributed by atoms with Crippen molar-refractivity contribution in [3.05, 3.63) is 77.9 Å². The summed E-state index contributed by atoms with van der Waals surface area (Å²) in [5.74, 6) is 0. The molecule has 0 aliphatic heterocycles. The lowest BCUT2D eigenvalue weighted by molar-refractivity contribution is 0.238. The van der Waals surface area contributed by atoms with Crippen LogP contribution in [0.1, 0.15) is 24.2 Å². The van der Waals surface area contributed by atoms with Crippen molar-refractivity contribution in [1.29, 1.82) is 0 Å². The van der Waals surface area contributed by atoms with E-state index in [0.717, 1.165) is 16.7 Å². The van der Waals surface area contributed by atoms with Gasteiger partial charge in [-0.1, -0.05) is 66.7 Å². The molecule has 0 aliphatic carbocycles. The van der Waals surface area contributed by atoms with Crippen molar-refractivity contribution < 1.29 is 5.11 Å². The Morgan fingerprint density at radius 1 is 0.941 bits per heavy atom. The largest absolute Gasteiger partial charge is 0.384 e. The molecular weight excluding hydrogens is 208 g/mol. The minimum atomic E-state index is -0.566. The van der Waals surface area contributed by atoms with E-state index >= 15 is 0 Å². The molecule has 0 saturated heterocycles. The number of rotatable bonds is 3. The molecule has 0 spiro atoms. The van der Waals surface area contributed by atoms with Crippen LogP contribution in [0.15, 0.2) is 66.7 Å². The minimum absolute atomic E-state index is 0.566. The average molecular weight is 224 g/mol. The maximum atomic E-state index is 10.4. The Balaban J connectivity index is 2.33. The SMILES string of the molecule is C/C=C(\c1ccccc1)C(O)c1ccccc1. The van der Waals surface area contributed by atoms with Crippen LogP contribution < -0.4 is 0 Å². The van der Waals surface area contributed by atoms with Crippen molar-refractivity contribution in [2.45, 2.75) is 13.0 Å². The lowest BCUT2D eigenvalue weighted by Crippen LogP contribution is -2.00. The van der Waals surface area contributed by atoms with Crippen molar-refractivity contribution in [2.75, 3.05) is 0 Å². The van der Waals surface area contributed by atoms with Crippen LogP contribution in [-0.4, -0.2) is 5.11 Å².